The van der Waals surface area contributed by atoms with E-state index in [1.807, 2.05) is 41.7 Å². The van der Waals surface area contributed by atoms with Crippen LogP contribution in [0, 0.1) is 5.92 Å². The van der Waals surface area contributed by atoms with Crippen molar-refractivity contribution in [1.82, 2.24) is 20.2 Å². The summed E-state index contributed by atoms with van der Waals surface area (Å²) in [4.78, 5) is 26.5. The summed E-state index contributed by atoms with van der Waals surface area (Å²) < 4.78 is 0. The lowest BCUT2D eigenvalue weighted by molar-refractivity contribution is 0.0921. The van der Waals surface area contributed by atoms with E-state index in [2.05, 4.69) is 45.5 Å². The Morgan fingerprint density at radius 1 is 1.00 bits per heavy atom. The summed E-state index contributed by atoms with van der Waals surface area (Å²) in [5.74, 6) is 0.779. The Kier molecular flexibility index (Phi) is 7.29. The van der Waals surface area contributed by atoms with E-state index in [9.17, 15) is 4.79 Å². The zero-order valence-corrected chi connectivity index (χ0v) is 22.1. The third kappa shape index (κ3) is 5.76. The average Bonchev–Trinajstić information content (AvgIpc) is 3.34. The lowest BCUT2D eigenvalue weighted by Crippen LogP contribution is -2.38. The Bertz CT molecular complexity index is 1350. The molecule has 0 bridgehead atoms. The Balaban J connectivity index is 0.962. The molecule has 0 spiro atoms. The molecule has 0 unspecified atom stereocenters. The molecule has 1 aliphatic heterocycles. The van der Waals surface area contributed by atoms with Gasteiger partial charge in [-0.15, -0.1) is 11.3 Å². The molecule has 1 amide bonds. The van der Waals surface area contributed by atoms with E-state index in [0.29, 0.717) is 0 Å². The molecule has 2 aliphatic rings. The van der Waals surface area contributed by atoms with E-state index in [1.165, 1.54) is 40.4 Å². The fraction of sp³-hybridized carbons (Fsp3) is 0.387. The van der Waals surface area contributed by atoms with Crippen LogP contribution in [-0.2, 0) is 19.4 Å². The van der Waals surface area contributed by atoms with Gasteiger partial charge in [-0.25, -0.2) is 4.98 Å². The van der Waals surface area contributed by atoms with E-state index in [-0.39, 0.29) is 11.9 Å². The summed E-state index contributed by atoms with van der Waals surface area (Å²) in [6, 6.07) is 20.6. The molecular weight excluding hydrogens is 476 g/mol. The van der Waals surface area contributed by atoms with Crippen molar-refractivity contribution in [2.24, 2.45) is 5.92 Å². The third-order valence-corrected chi connectivity index (χ3v) is 9.13. The number of benzene rings is 2. The lowest BCUT2D eigenvalue weighted by Gasteiger charge is -2.32. The van der Waals surface area contributed by atoms with E-state index in [4.69, 9.17) is 4.98 Å². The van der Waals surface area contributed by atoms with Crippen molar-refractivity contribution < 1.29 is 4.79 Å². The second-order valence-electron chi connectivity index (χ2n) is 10.5. The van der Waals surface area contributed by atoms with Crippen LogP contribution in [0.25, 0.3) is 10.9 Å². The normalized spacial score (nSPS) is 20.0. The first-order chi connectivity index (χ1) is 18.2. The van der Waals surface area contributed by atoms with Crippen LogP contribution in [0.2, 0.25) is 0 Å². The Hall–Kier alpha value is -3.09. The molecule has 1 saturated carbocycles. The second-order valence-corrected chi connectivity index (χ2v) is 11.7. The van der Waals surface area contributed by atoms with Gasteiger partial charge < -0.3 is 5.32 Å². The van der Waals surface area contributed by atoms with Gasteiger partial charge in [-0.05, 0) is 74.8 Å². The Morgan fingerprint density at radius 3 is 2.73 bits per heavy atom. The predicted molar refractivity (Wildman–Crippen MR) is 150 cm³/mol. The van der Waals surface area contributed by atoms with E-state index in [1.54, 1.807) is 6.20 Å². The molecule has 6 rings (SSSR count). The molecule has 2 aromatic heterocycles. The van der Waals surface area contributed by atoms with E-state index >= 15 is 0 Å². The Labute approximate surface area is 223 Å². The molecule has 1 aliphatic carbocycles. The number of nitrogens with one attached hydrogen (secondary N) is 1. The highest BCUT2D eigenvalue weighted by molar-refractivity contribution is 7.11. The molecule has 190 valence electrons. The number of fused-ring (bicyclic) bond motifs is 2. The summed E-state index contributed by atoms with van der Waals surface area (Å²) in [5, 5.41) is 5.47. The minimum absolute atomic E-state index is 0.0288. The third-order valence-electron chi connectivity index (χ3n) is 7.98. The van der Waals surface area contributed by atoms with Crippen LogP contribution in [0.5, 0.6) is 0 Å². The van der Waals surface area contributed by atoms with Gasteiger partial charge in [0, 0.05) is 47.6 Å². The zero-order valence-electron chi connectivity index (χ0n) is 21.2. The molecule has 1 fully saturated rings. The number of aromatic nitrogens is 2. The number of hydrogen-bond donors (Lipinski definition) is 1. The van der Waals surface area contributed by atoms with Gasteiger partial charge in [-0.1, -0.05) is 42.5 Å². The fourth-order valence-corrected chi connectivity index (χ4v) is 6.97. The van der Waals surface area contributed by atoms with E-state index in [0.717, 1.165) is 67.7 Å². The minimum Gasteiger partial charge on any atom is -0.349 e. The van der Waals surface area contributed by atoms with Crippen molar-refractivity contribution >= 4 is 28.1 Å². The number of nitrogens with zero attached hydrogens (tertiary/aromatic N) is 3. The van der Waals surface area contributed by atoms with Crippen LogP contribution in [0.3, 0.4) is 0 Å². The van der Waals surface area contributed by atoms with Gasteiger partial charge in [-0.3, -0.25) is 14.7 Å². The van der Waals surface area contributed by atoms with Gasteiger partial charge in [0.2, 0.25) is 0 Å². The molecular formula is C31H34N4OS. The van der Waals surface area contributed by atoms with E-state index < -0.39 is 0 Å². The van der Waals surface area contributed by atoms with Crippen molar-refractivity contribution in [1.29, 1.82) is 0 Å². The molecule has 5 nitrogen and oxygen atoms in total. The second kappa shape index (κ2) is 11.1. The number of pyridine rings is 1. The standard InChI is InChI=1S/C31H34N4OS/c36-31(26-8-4-10-27-25(26)9-5-17-32-27)33-24-13-11-22(12-14-24)15-18-35-19-16-29-28(21-35)34-30(37-29)20-23-6-2-1-3-7-23/h1-10,17,22,24H,11-16,18-21H2,(H,33,36). The predicted octanol–water partition coefficient (Wildman–Crippen LogP) is 6.02. The van der Waals surface area contributed by atoms with Gasteiger partial charge in [-0.2, -0.15) is 0 Å². The highest BCUT2D eigenvalue weighted by Crippen LogP contribution is 2.30. The summed E-state index contributed by atoms with van der Waals surface area (Å²) in [7, 11) is 0. The molecule has 0 saturated heterocycles. The van der Waals surface area contributed by atoms with Crippen LogP contribution in [0.15, 0.2) is 66.9 Å². The average molecular weight is 511 g/mol. The molecule has 4 aromatic rings. The van der Waals surface area contributed by atoms with Gasteiger partial charge in [0.15, 0.2) is 0 Å². The molecule has 0 atom stereocenters. The van der Waals surface area contributed by atoms with Crippen LogP contribution in [-0.4, -0.2) is 39.9 Å². The molecule has 0 radical (unpaired) electrons. The molecule has 2 aromatic carbocycles. The smallest absolute Gasteiger partial charge is 0.252 e. The first kappa shape index (κ1) is 24.3. The first-order valence-electron chi connectivity index (χ1n) is 13.6. The van der Waals surface area contributed by atoms with Gasteiger partial charge in [0.05, 0.1) is 16.2 Å². The summed E-state index contributed by atoms with van der Waals surface area (Å²) >= 11 is 1.91. The highest BCUT2D eigenvalue weighted by Gasteiger charge is 2.25. The summed E-state index contributed by atoms with van der Waals surface area (Å²) in [6.07, 6.45) is 9.61. The number of thiazole rings is 1. The summed E-state index contributed by atoms with van der Waals surface area (Å²) in [6.45, 7) is 3.28. The topological polar surface area (TPSA) is 58.1 Å². The lowest BCUT2D eigenvalue weighted by atomic mass is 9.84. The highest BCUT2D eigenvalue weighted by atomic mass is 32.1. The molecule has 6 heteroatoms. The SMILES string of the molecule is O=C(NC1CCC(CCN2CCc3sc(Cc4ccccc4)nc3C2)CC1)c1cccc2ncccc12. The van der Waals surface area contributed by atoms with Crippen LogP contribution >= 0.6 is 11.3 Å². The van der Waals surface area contributed by atoms with Gasteiger partial charge in [0.25, 0.3) is 5.91 Å². The largest absolute Gasteiger partial charge is 0.349 e. The first-order valence-corrected chi connectivity index (χ1v) is 14.4. The van der Waals surface area contributed by atoms with Crippen molar-refractivity contribution in [2.45, 2.75) is 57.5 Å². The van der Waals surface area contributed by atoms with Gasteiger partial charge >= 0.3 is 0 Å². The van der Waals surface area contributed by atoms with Gasteiger partial charge in [0.1, 0.15) is 0 Å². The summed E-state index contributed by atoms with van der Waals surface area (Å²) in [5.41, 5.74) is 4.24. The monoisotopic (exact) mass is 510 g/mol. The number of carbonyl (C=O) groups excluding carboxylic acids is 1. The van der Waals surface area contributed by atoms with Crippen molar-refractivity contribution in [2.75, 3.05) is 13.1 Å². The maximum Gasteiger partial charge on any atom is 0.252 e. The molecule has 1 N–H and O–H groups in total. The molecule has 3 heterocycles. The quantitative estimate of drug-likeness (QED) is 0.330. The van der Waals surface area contributed by atoms with Crippen molar-refractivity contribution in [3.05, 3.63) is 93.6 Å². The van der Waals surface area contributed by atoms with Crippen molar-refractivity contribution in [3.63, 3.8) is 0 Å². The maximum absolute atomic E-state index is 13.0. The van der Waals surface area contributed by atoms with Crippen LogP contribution in [0.4, 0.5) is 0 Å². The zero-order chi connectivity index (χ0) is 25.0. The molecule has 37 heavy (non-hydrogen) atoms. The van der Waals surface area contributed by atoms with Crippen LogP contribution in [0.1, 0.15) is 63.6 Å². The number of amides is 1. The van der Waals surface area contributed by atoms with Crippen molar-refractivity contribution in [3.8, 4) is 0 Å². The fourth-order valence-electron chi connectivity index (χ4n) is 5.87. The number of rotatable bonds is 7. The number of carbonyl (C=O) groups is 1. The Morgan fingerprint density at radius 2 is 1.86 bits per heavy atom. The van der Waals surface area contributed by atoms with Crippen LogP contribution < -0.4 is 5.32 Å². The minimum atomic E-state index is 0.0288. The number of hydrogen-bond acceptors (Lipinski definition) is 5. The maximum atomic E-state index is 13.0.